The molecule has 2 aromatic rings. The third-order valence-corrected chi connectivity index (χ3v) is 4.77. The molecule has 1 aromatic carbocycles. The van der Waals surface area contributed by atoms with Gasteiger partial charge in [-0.2, -0.15) is 0 Å². The number of benzene rings is 1. The van der Waals surface area contributed by atoms with Crippen LogP contribution in [0.5, 0.6) is 0 Å². The number of thiophene rings is 1. The van der Waals surface area contributed by atoms with Crippen molar-refractivity contribution in [2.75, 3.05) is 0 Å². The highest BCUT2D eigenvalue weighted by Gasteiger charge is 2.06. The van der Waals surface area contributed by atoms with E-state index in [1.54, 1.807) is 11.3 Å². The average molecular weight is 353 g/mol. The second-order valence-corrected chi connectivity index (χ2v) is 5.55. The van der Waals surface area contributed by atoms with Crippen LogP contribution in [0.1, 0.15) is 5.56 Å². The van der Waals surface area contributed by atoms with E-state index < -0.39 is 0 Å². The van der Waals surface area contributed by atoms with Crippen molar-refractivity contribution in [3.8, 4) is 0 Å². The molecule has 1 heterocycles. The zero-order chi connectivity index (χ0) is 8.72. The predicted molar refractivity (Wildman–Crippen MR) is 67.0 cm³/mol. The van der Waals surface area contributed by atoms with Gasteiger partial charge in [-0.15, -0.1) is 11.3 Å². The molecule has 0 saturated carbocycles. The summed E-state index contributed by atoms with van der Waals surface area (Å²) < 4.78 is 3.94. The monoisotopic (exact) mass is 352 g/mol. The Labute approximate surface area is 97.2 Å². The molecule has 0 aliphatic carbocycles. The molecule has 2 rings (SSSR count). The van der Waals surface area contributed by atoms with E-state index in [4.69, 9.17) is 0 Å². The Morgan fingerprint density at radius 1 is 1.42 bits per heavy atom. The Morgan fingerprint density at radius 3 is 2.83 bits per heavy atom. The number of rotatable bonds is 0. The van der Waals surface area contributed by atoms with Crippen molar-refractivity contribution in [1.29, 1.82) is 0 Å². The standard InChI is InChI=1S/C9H6BrIS/c1-5-2-3-7(11)8-6(10)4-12-9(5)8/h2-4H,1H3. The topological polar surface area (TPSA) is 0 Å². The fourth-order valence-corrected chi connectivity index (χ4v) is 4.25. The van der Waals surface area contributed by atoms with E-state index in [0.29, 0.717) is 0 Å². The van der Waals surface area contributed by atoms with Crippen molar-refractivity contribution in [1.82, 2.24) is 0 Å². The van der Waals surface area contributed by atoms with E-state index in [9.17, 15) is 0 Å². The first-order chi connectivity index (χ1) is 5.70. The second-order valence-electron chi connectivity index (χ2n) is 2.65. The van der Waals surface area contributed by atoms with Crippen LogP contribution in [-0.2, 0) is 0 Å². The van der Waals surface area contributed by atoms with Crippen LogP contribution in [0.4, 0.5) is 0 Å². The largest absolute Gasteiger partial charge is 0.142 e. The van der Waals surface area contributed by atoms with E-state index in [2.05, 4.69) is 63.0 Å². The molecule has 0 unspecified atom stereocenters. The van der Waals surface area contributed by atoms with E-state index in [1.807, 2.05) is 0 Å². The Morgan fingerprint density at radius 2 is 2.17 bits per heavy atom. The number of halogens is 2. The molecular weight excluding hydrogens is 347 g/mol. The number of hydrogen-bond acceptors (Lipinski definition) is 1. The molecular formula is C9H6BrIS. The molecule has 0 bridgehead atoms. The van der Waals surface area contributed by atoms with Gasteiger partial charge in [-0.1, -0.05) is 6.07 Å². The lowest BCUT2D eigenvalue weighted by Gasteiger charge is -1.98. The van der Waals surface area contributed by atoms with Crippen molar-refractivity contribution in [3.05, 3.63) is 31.1 Å². The summed E-state index contributed by atoms with van der Waals surface area (Å²) in [7, 11) is 0. The number of aryl methyl sites for hydroxylation is 1. The van der Waals surface area contributed by atoms with Crippen molar-refractivity contribution in [3.63, 3.8) is 0 Å². The van der Waals surface area contributed by atoms with Gasteiger partial charge >= 0.3 is 0 Å². The average Bonchev–Trinajstić information content (AvgIpc) is 2.42. The first kappa shape index (κ1) is 8.97. The lowest BCUT2D eigenvalue weighted by molar-refractivity contribution is 1.54. The van der Waals surface area contributed by atoms with Crippen LogP contribution < -0.4 is 0 Å². The van der Waals surface area contributed by atoms with E-state index in [1.165, 1.54) is 23.7 Å². The molecule has 0 saturated heterocycles. The summed E-state index contributed by atoms with van der Waals surface area (Å²) in [4.78, 5) is 0. The normalized spacial score (nSPS) is 10.9. The Balaban J connectivity index is 2.98. The summed E-state index contributed by atoms with van der Waals surface area (Å²) in [6.45, 7) is 2.15. The van der Waals surface area contributed by atoms with Gasteiger partial charge in [0.2, 0.25) is 0 Å². The zero-order valence-electron chi connectivity index (χ0n) is 6.40. The highest BCUT2D eigenvalue weighted by molar-refractivity contribution is 14.1. The molecule has 0 aliphatic heterocycles. The highest BCUT2D eigenvalue weighted by Crippen LogP contribution is 2.35. The Bertz CT molecular complexity index is 433. The molecule has 0 N–H and O–H groups in total. The van der Waals surface area contributed by atoms with E-state index in [0.717, 1.165) is 0 Å². The lowest BCUT2D eigenvalue weighted by Crippen LogP contribution is -1.76. The van der Waals surface area contributed by atoms with Gasteiger partial charge < -0.3 is 0 Å². The van der Waals surface area contributed by atoms with Crippen molar-refractivity contribution in [2.24, 2.45) is 0 Å². The summed E-state index contributed by atoms with van der Waals surface area (Å²) in [5.41, 5.74) is 1.36. The maximum atomic E-state index is 3.56. The van der Waals surface area contributed by atoms with Gasteiger partial charge in [-0.3, -0.25) is 0 Å². The quantitative estimate of drug-likeness (QED) is 0.609. The summed E-state index contributed by atoms with van der Waals surface area (Å²) >= 11 is 7.73. The second kappa shape index (κ2) is 3.27. The van der Waals surface area contributed by atoms with Crippen molar-refractivity contribution >= 4 is 59.9 Å². The van der Waals surface area contributed by atoms with Crippen LogP contribution in [0.15, 0.2) is 22.0 Å². The summed E-state index contributed by atoms with van der Waals surface area (Å²) in [6.07, 6.45) is 0. The first-order valence-electron chi connectivity index (χ1n) is 3.52. The fourth-order valence-electron chi connectivity index (χ4n) is 1.21. The minimum Gasteiger partial charge on any atom is -0.142 e. The molecule has 0 aliphatic rings. The highest BCUT2D eigenvalue weighted by atomic mass is 127. The molecule has 0 amide bonds. The summed E-state index contributed by atoms with van der Waals surface area (Å²) in [6, 6.07) is 4.34. The maximum Gasteiger partial charge on any atom is 0.0394 e. The number of hydrogen-bond donors (Lipinski definition) is 0. The Kier molecular flexibility index (Phi) is 2.44. The molecule has 1 aromatic heterocycles. The molecule has 0 fully saturated rings. The molecule has 0 atom stereocenters. The van der Waals surface area contributed by atoms with E-state index >= 15 is 0 Å². The van der Waals surface area contributed by atoms with Gasteiger partial charge in [0.1, 0.15) is 0 Å². The fraction of sp³-hybridized carbons (Fsp3) is 0.111. The minimum absolute atomic E-state index is 1.22. The van der Waals surface area contributed by atoms with Crippen LogP contribution in [0.25, 0.3) is 10.1 Å². The van der Waals surface area contributed by atoms with E-state index in [-0.39, 0.29) is 0 Å². The van der Waals surface area contributed by atoms with Crippen molar-refractivity contribution in [2.45, 2.75) is 6.92 Å². The SMILES string of the molecule is Cc1ccc(I)c2c(Br)csc12. The number of fused-ring (bicyclic) bond motifs is 1. The molecule has 0 radical (unpaired) electrons. The summed E-state index contributed by atoms with van der Waals surface area (Å²) in [5.74, 6) is 0. The zero-order valence-corrected chi connectivity index (χ0v) is 11.0. The van der Waals surface area contributed by atoms with Crippen LogP contribution in [0, 0.1) is 10.5 Å². The smallest absolute Gasteiger partial charge is 0.0394 e. The predicted octanol–water partition coefficient (Wildman–Crippen LogP) is 4.58. The Hall–Kier alpha value is 0.390. The minimum atomic E-state index is 1.22. The van der Waals surface area contributed by atoms with Gasteiger partial charge in [-0.05, 0) is 57.1 Å². The maximum absolute atomic E-state index is 3.56. The van der Waals surface area contributed by atoms with Crippen molar-refractivity contribution < 1.29 is 0 Å². The van der Waals surface area contributed by atoms with Crippen LogP contribution in [0.2, 0.25) is 0 Å². The van der Waals surface area contributed by atoms with Gasteiger partial charge in [-0.25, -0.2) is 0 Å². The molecule has 0 nitrogen and oxygen atoms in total. The molecule has 12 heavy (non-hydrogen) atoms. The van der Waals surface area contributed by atoms with Crippen LogP contribution in [-0.4, -0.2) is 0 Å². The molecule has 3 heteroatoms. The molecule has 0 spiro atoms. The van der Waals surface area contributed by atoms with Gasteiger partial charge in [0.15, 0.2) is 0 Å². The van der Waals surface area contributed by atoms with Gasteiger partial charge in [0.25, 0.3) is 0 Å². The van der Waals surface area contributed by atoms with Gasteiger partial charge in [0, 0.05) is 23.5 Å². The first-order valence-corrected chi connectivity index (χ1v) is 6.27. The van der Waals surface area contributed by atoms with Crippen LogP contribution in [0.3, 0.4) is 0 Å². The summed E-state index contributed by atoms with van der Waals surface area (Å²) in [5, 5.41) is 3.51. The van der Waals surface area contributed by atoms with Crippen LogP contribution >= 0.6 is 49.9 Å². The lowest BCUT2D eigenvalue weighted by atomic mass is 10.2. The third-order valence-electron chi connectivity index (χ3n) is 1.82. The molecule has 62 valence electrons. The third kappa shape index (κ3) is 1.32. The van der Waals surface area contributed by atoms with Gasteiger partial charge in [0.05, 0.1) is 0 Å².